The van der Waals surface area contributed by atoms with Gasteiger partial charge >= 0.3 is 0 Å². The number of amides is 1. The summed E-state index contributed by atoms with van der Waals surface area (Å²) >= 11 is 3.25. The molecule has 0 aliphatic heterocycles. The highest BCUT2D eigenvalue weighted by Crippen LogP contribution is 2.28. The lowest BCUT2D eigenvalue weighted by Crippen LogP contribution is -2.32. The van der Waals surface area contributed by atoms with Crippen LogP contribution in [0.2, 0.25) is 0 Å². The molecule has 112 valence electrons. The first-order chi connectivity index (χ1) is 8.92. The summed E-state index contributed by atoms with van der Waals surface area (Å²) in [7, 11) is 1.49. The first-order valence-electron chi connectivity index (χ1n) is 5.95. The van der Waals surface area contributed by atoms with E-state index in [1.807, 2.05) is 20.8 Å². The third kappa shape index (κ3) is 4.75. The maximum atomic E-state index is 12.1. The van der Waals surface area contributed by atoms with Crippen LogP contribution in [-0.4, -0.2) is 20.9 Å². The van der Waals surface area contributed by atoms with Gasteiger partial charge in [-0.2, -0.15) is 0 Å². The number of hydrogen-bond acceptors (Lipinski definition) is 3. The summed E-state index contributed by atoms with van der Waals surface area (Å²) in [5.41, 5.74) is 0.678. The maximum absolute atomic E-state index is 12.1. The zero-order valence-corrected chi connectivity index (χ0v) is 14.9. The van der Waals surface area contributed by atoms with Crippen LogP contribution < -0.4 is 5.32 Å². The Balaban J connectivity index is 3.15. The van der Waals surface area contributed by atoms with Crippen molar-refractivity contribution in [3.8, 4) is 0 Å². The number of hydrogen-bond donors (Lipinski definition) is 1. The van der Waals surface area contributed by atoms with Crippen molar-refractivity contribution in [3.63, 3.8) is 0 Å². The molecule has 1 aromatic rings. The van der Waals surface area contributed by atoms with E-state index in [0.29, 0.717) is 16.6 Å². The molecule has 0 fully saturated rings. The third-order valence-electron chi connectivity index (χ3n) is 2.60. The molecule has 1 aromatic carbocycles. The first-order valence-corrected chi connectivity index (χ1v) is 9.05. The van der Waals surface area contributed by atoms with Crippen molar-refractivity contribution in [2.75, 3.05) is 6.54 Å². The van der Waals surface area contributed by atoms with Crippen LogP contribution in [0.4, 0.5) is 0 Å². The van der Waals surface area contributed by atoms with Gasteiger partial charge in [-0.15, -0.1) is 0 Å². The third-order valence-corrected chi connectivity index (χ3v) is 4.87. The molecule has 0 heterocycles. The van der Waals surface area contributed by atoms with Gasteiger partial charge in [0.25, 0.3) is 15.0 Å². The van der Waals surface area contributed by atoms with Crippen molar-refractivity contribution in [2.24, 2.45) is 5.41 Å². The molecule has 0 unspecified atom stereocenters. The molecule has 0 aromatic heterocycles. The van der Waals surface area contributed by atoms with Crippen LogP contribution >= 0.6 is 26.6 Å². The molecule has 0 radical (unpaired) electrons. The number of carbonyl (C=O) groups is 1. The minimum atomic E-state index is -3.89. The number of nitrogens with one attached hydrogen (secondary N) is 1. The van der Waals surface area contributed by atoms with Gasteiger partial charge in [0.05, 0.1) is 4.90 Å². The topological polar surface area (TPSA) is 63.2 Å². The molecule has 0 aliphatic rings. The number of benzene rings is 1. The fraction of sp³-hybridized carbons (Fsp3) is 0.462. The Morgan fingerprint density at radius 3 is 2.35 bits per heavy atom. The molecule has 1 rings (SSSR count). The van der Waals surface area contributed by atoms with Crippen LogP contribution in [0.5, 0.6) is 0 Å². The molecule has 7 heteroatoms. The minimum Gasteiger partial charge on any atom is -0.352 e. The summed E-state index contributed by atoms with van der Waals surface area (Å²) in [6.07, 6.45) is 0. The fourth-order valence-electron chi connectivity index (χ4n) is 1.49. The Morgan fingerprint density at radius 1 is 1.35 bits per heavy atom. The molecule has 0 aliphatic carbocycles. The van der Waals surface area contributed by atoms with E-state index in [9.17, 15) is 13.2 Å². The van der Waals surface area contributed by atoms with Gasteiger partial charge in [-0.05, 0) is 30.0 Å². The van der Waals surface area contributed by atoms with Crippen molar-refractivity contribution in [1.82, 2.24) is 5.32 Å². The summed E-state index contributed by atoms with van der Waals surface area (Å²) in [6.45, 7) is 8.09. The average Bonchev–Trinajstić information content (AvgIpc) is 2.26. The average molecular weight is 383 g/mol. The van der Waals surface area contributed by atoms with Crippen molar-refractivity contribution in [3.05, 3.63) is 27.7 Å². The summed E-state index contributed by atoms with van der Waals surface area (Å²) < 4.78 is 23.5. The van der Waals surface area contributed by atoms with Crippen molar-refractivity contribution >= 4 is 41.6 Å². The molecule has 0 saturated heterocycles. The molecule has 1 N–H and O–H groups in total. The minimum absolute atomic E-state index is 0.0566. The van der Waals surface area contributed by atoms with Gasteiger partial charge < -0.3 is 5.32 Å². The Hall–Kier alpha value is -0.590. The normalized spacial score (nSPS) is 12.3. The molecule has 4 nitrogen and oxygen atoms in total. The van der Waals surface area contributed by atoms with Gasteiger partial charge in [0, 0.05) is 27.3 Å². The predicted molar refractivity (Wildman–Crippen MR) is 83.7 cm³/mol. The molecule has 0 spiro atoms. The molecular weight excluding hydrogens is 366 g/mol. The van der Waals surface area contributed by atoms with Crippen molar-refractivity contribution in [2.45, 2.75) is 32.6 Å². The molecule has 20 heavy (non-hydrogen) atoms. The zero-order valence-electron chi connectivity index (χ0n) is 11.8. The predicted octanol–water partition coefficient (Wildman–Crippen LogP) is 3.46. The largest absolute Gasteiger partial charge is 0.352 e. The number of rotatable bonds is 3. The monoisotopic (exact) mass is 381 g/mol. The summed E-state index contributed by atoms with van der Waals surface area (Å²) in [5.74, 6) is -0.331. The van der Waals surface area contributed by atoms with Crippen LogP contribution in [0, 0.1) is 12.3 Å². The van der Waals surface area contributed by atoms with Crippen LogP contribution in [0.15, 0.2) is 21.5 Å². The second-order valence-electron chi connectivity index (χ2n) is 5.76. The van der Waals surface area contributed by atoms with Gasteiger partial charge in [0.1, 0.15) is 0 Å². The Bertz CT molecular complexity index is 636. The van der Waals surface area contributed by atoms with Crippen molar-refractivity contribution in [1.29, 1.82) is 0 Å². The SMILES string of the molecule is Cc1c(Br)cc(C(=O)NCC(C)(C)C)cc1S(=O)(=O)Cl. The van der Waals surface area contributed by atoms with E-state index in [0.717, 1.165) is 0 Å². The van der Waals surface area contributed by atoms with Gasteiger partial charge in [-0.3, -0.25) is 4.79 Å². The molecular formula is C13H17BrClNO3S. The smallest absolute Gasteiger partial charge is 0.261 e. The van der Waals surface area contributed by atoms with Crippen LogP contribution in [0.1, 0.15) is 36.7 Å². The highest BCUT2D eigenvalue weighted by Gasteiger charge is 2.20. The lowest BCUT2D eigenvalue weighted by molar-refractivity contribution is 0.0939. The van der Waals surface area contributed by atoms with E-state index < -0.39 is 9.05 Å². The van der Waals surface area contributed by atoms with Gasteiger partial charge in [-0.25, -0.2) is 8.42 Å². The highest BCUT2D eigenvalue weighted by atomic mass is 79.9. The van der Waals surface area contributed by atoms with E-state index in [1.54, 1.807) is 13.0 Å². The summed E-state index contributed by atoms with van der Waals surface area (Å²) in [4.78, 5) is 12.0. The van der Waals surface area contributed by atoms with E-state index in [1.165, 1.54) is 6.07 Å². The first kappa shape index (κ1) is 17.5. The maximum Gasteiger partial charge on any atom is 0.261 e. The second-order valence-corrected chi connectivity index (χ2v) is 9.15. The lowest BCUT2D eigenvalue weighted by atomic mass is 9.97. The van der Waals surface area contributed by atoms with Crippen molar-refractivity contribution < 1.29 is 13.2 Å². The quantitative estimate of drug-likeness (QED) is 0.814. The van der Waals surface area contributed by atoms with E-state index in [-0.39, 0.29) is 21.8 Å². The number of halogens is 2. The van der Waals surface area contributed by atoms with Gasteiger partial charge in [0.2, 0.25) is 0 Å². The molecule has 0 atom stereocenters. The fourth-order valence-corrected chi connectivity index (χ4v) is 3.30. The standard InChI is InChI=1S/C13H17BrClNO3S/c1-8-10(14)5-9(6-11(8)20(15,18)19)12(17)16-7-13(2,3)4/h5-6H,7H2,1-4H3,(H,16,17). The Morgan fingerprint density at radius 2 is 1.90 bits per heavy atom. The second kappa shape index (κ2) is 6.03. The molecule has 0 saturated carbocycles. The Kier molecular flexibility index (Phi) is 5.27. The van der Waals surface area contributed by atoms with Crippen LogP contribution in [0.25, 0.3) is 0 Å². The number of carbonyl (C=O) groups excluding carboxylic acids is 1. The van der Waals surface area contributed by atoms with E-state index >= 15 is 0 Å². The molecule has 0 bridgehead atoms. The van der Waals surface area contributed by atoms with Gasteiger partial charge in [-0.1, -0.05) is 36.7 Å². The summed E-state index contributed by atoms with van der Waals surface area (Å²) in [5, 5.41) is 2.77. The zero-order chi connectivity index (χ0) is 15.7. The lowest BCUT2D eigenvalue weighted by Gasteiger charge is -2.19. The van der Waals surface area contributed by atoms with E-state index in [4.69, 9.17) is 10.7 Å². The highest BCUT2D eigenvalue weighted by molar-refractivity contribution is 9.10. The van der Waals surface area contributed by atoms with Crippen LogP contribution in [-0.2, 0) is 9.05 Å². The van der Waals surface area contributed by atoms with Gasteiger partial charge in [0.15, 0.2) is 0 Å². The van der Waals surface area contributed by atoms with E-state index in [2.05, 4.69) is 21.2 Å². The Labute approximate surface area is 132 Å². The molecule has 1 amide bonds. The summed E-state index contributed by atoms with van der Waals surface area (Å²) in [6, 6.07) is 2.87. The van der Waals surface area contributed by atoms with Crippen LogP contribution in [0.3, 0.4) is 0 Å².